The van der Waals surface area contributed by atoms with Crippen LogP contribution in [0.1, 0.15) is 37.5 Å². The molecule has 1 atom stereocenters. The maximum absolute atomic E-state index is 11.2. The summed E-state index contributed by atoms with van der Waals surface area (Å²) in [5, 5.41) is 0. The van der Waals surface area contributed by atoms with Crippen LogP contribution in [0, 0.1) is 0 Å². The van der Waals surface area contributed by atoms with Crippen LogP contribution >= 0.6 is 0 Å². The molecule has 1 unspecified atom stereocenters. The van der Waals surface area contributed by atoms with Gasteiger partial charge in [-0.15, -0.1) is 0 Å². The van der Waals surface area contributed by atoms with Crippen molar-refractivity contribution in [2.75, 3.05) is 0 Å². The molecule has 16 heavy (non-hydrogen) atoms. The van der Waals surface area contributed by atoms with E-state index in [9.17, 15) is 8.76 Å². The van der Waals surface area contributed by atoms with Gasteiger partial charge in [-0.1, -0.05) is 32.9 Å². The van der Waals surface area contributed by atoms with E-state index in [4.69, 9.17) is 0 Å². The fraction of sp³-hybridized carbons (Fsp3) is 0.500. The van der Waals surface area contributed by atoms with E-state index in [2.05, 4.69) is 6.92 Å². The largest absolute Gasteiger partial charge is 1.00 e. The Bertz CT molecular complexity index is 352. The van der Waals surface area contributed by atoms with Gasteiger partial charge in [0.2, 0.25) is 0 Å². The van der Waals surface area contributed by atoms with E-state index in [-0.39, 0.29) is 18.9 Å². The molecule has 1 aromatic carbocycles. The minimum absolute atomic E-state index is 0. The Hall–Kier alpha value is -0.0726. The van der Waals surface area contributed by atoms with Crippen molar-refractivity contribution in [2.45, 2.75) is 44.9 Å². The van der Waals surface area contributed by atoms with Crippen molar-refractivity contribution in [3.8, 4) is 0 Å². The summed E-state index contributed by atoms with van der Waals surface area (Å²) in [6.45, 7) is 6.07. The second-order valence-electron chi connectivity index (χ2n) is 3.54. The van der Waals surface area contributed by atoms with E-state index in [1.54, 1.807) is 0 Å². The number of benzene rings is 1. The van der Waals surface area contributed by atoms with Gasteiger partial charge in [-0.3, -0.25) is 4.21 Å². The summed E-state index contributed by atoms with van der Waals surface area (Å²) in [5.41, 5.74) is 3.11. The molecule has 0 N–H and O–H groups in total. The first-order valence-corrected chi connectivity index (χ1v) is 6.45. The quantitative estimate of drug-likeness (QED) is 0.524. The summed E-state index contributed by atoms with van der Waals surface area (Å²) in [5.74, 6) is 0. The molecule has 0 aliphatic heterocycles. The van der Waals surface area contributed by atoms with Crippen molar-refractivity contribution in [3.63, 3.8) is 0 Å². The molecule has 0 aromatic heterocycles. The summed E-state index contributed by atoms with van der Waals surface area (Å²) >= 11 is -2.11. The van der Waals surface area contributed by atoms with Crippen LogP contribution in [0.2, 0.25) is 0 Å². The van der Waals surface area contributed by atoms with Gasteiger partial charge in [-0.05, 0) is 47.0 Å². The SMILES string of the molecule is CCc1cc(CC)c(S(=O)[O-])c(CC)c1.[Li+]. The van der Waals surface area contributed by atoms with Gasteiger partial charge in [0, 0.05) is 4.90 Å². The Morgan fingerprint density at radius 2 is 1.50 bits per heavy atom. The Morgan fingerprint density at radius 1 is 1.06 bits per heavy atom. The van der Waals surface area contributed by atoms with Gasteiger partial charge in [-0.25, -0.2) is 0 Å². The monoisotopic (exact) mass is 232 g/mol. The molecule has 0 bridgehead atoms. The van der Waals surface area contributed by atoms with E-state index in [1.165, 1.54) is 5.56 Å². The van der Waals surface area contributed by atoms with Crippen molar-refractivity contribution < 1.29 is 27.6 Å². The molecule has 0 aliphatic rings. The zero-order valence-corrected chi connectivity index (χ0v) is 11.3. The first-order chi connectivity index (χ1) is 7.13. The average molecular weight is 232 g/mol. The van der Waals surface area contributed by atoms with Gasteiger partial charge < -0.3 is 4.55 Å². The van der Waals surface area contributed by atoms with E-state index in [0.717, 1.165) is 30.4 Å². The summed E-state index contributed by atoms with van der Waals surface area (Å²) in [6, 6.07) is 4.01. The zero-order valence-electron chi connectivity index (χ0n) is 10.5. The van der Waals surface area contributed by atoms with E-state index in [1.807, 2.05) is 26.0 Å². The Kier molecular flexibility index (Phi) is 7.26. The molecule has 0 fully saturated rings. The maximum Gasteiger partial charge on any atom is 1.00 e. The normalized spacial score (nSPS) is 12.0. The first-order valence-electron chi connectivity index (χ1n) is 5.37. The van der Waals surface area contributed by atoms with Crippen LogP contribution in [0.25, 0.3) is 0 Å². The fourth-order valence-electron chi connectivity index (χ4n) is 1.77. The van der Waals surface area contributed by atoms with Crippen LogP contribution < -0.4 is 18.9 Å². The fourth-order valence-corrected chi connectivity index (χ4v) is 2.60. The van der Waals surface area contributed by atoms with Crippen LogP contribution in [-0.4, -0.2) is 8.76 Å². The van der Waals surface area contributed by atoms with Crippen molar-refractivity contribution in [2.24, 2.45) is 0 Å². The topological polar surface area (TPSA) is 40.1 Å². The summed E-state index contributed by atoms with van der Waals surface area (Å²) in [6.07, 6.45) is 2.49. The molecule has 1 aromatic rings. The van der Waals surface area contributed by atoms with Crippen LogP contribution in [0.5, 0.6) is 0 Å². The Balaban J connectivity index is 0.00000225. The molecular weight excluding hydrogens is 215 g/mol. The standard InChI is InChI=1S/C12H18O2S.Li/c1-4-9-7-10(5-2)12(15(13)14)11(6-3)8-9;/h7-8H,4-6H2,1-3H3,(H,13,14);/q;+1/p-1. The summed E-state index contributed by atoms with van der Waals surface area (Å²) in [4.78, 5) is 0.511. The summed E-state index contributed by atoms with van der Waals surface area (Å²) < 4.78 is 22.3. The molecular formula is C12H17LiO2S. The number of aryl methyl sites for hydroxylation is 3. The second-order valence-corrected chi connectivity index (χ2v) is 4.42. The molecule has 1 rings (SSSR count). The third kappa shape index (κ3) is 3.46. The van der Waals surface area contributed by atoms with Gasteiger partial charge >= 0.3 is 18.9 Å². The molecule has 2 nitrogen and oxygen atoms in total. The Labute approximate surface area is 112 Å². The second kappa shape index (κ2) is 7.29. The van der Waals surface area contributed by atoms with Crippen molar-refractivity contribution in [1.82, 2.24) is 0 Å². The predicted molar refractivity (Wildman–Crippen MR) is 61.8 cm³/mol. The Morgan fingerprint density at radius 3 is 1.75 bits per heavy atom. The van der Waals surface area contributed by atoms with Crippen LogP contribution in [-0.2, 0) is 30.3 Å². The van der Waals surface area contributed by atoms with E-state index >= 15 is 0 Å². The number of hydrogen-bond donors (Lipinski definition) is 0. The average Bonchev–Trinajstić information content (AvgIpc) is 2.26. The van der Waals surface area contributed by atoms with Gasteiger partial charge in [0.15, 0.2) is 0 Å². The van der Waals surface area contributed by atoms with E-state index < -0.39 is 11.1 Å². The van der Waals surface area contributed by atoms with Crippen molar-refractivity contribution in [1.29, 1.82) is 0 Å². The first kappa shape index (κ1) is 15.9. The van der Waals surface area contributed by atoms with E-state index in [0.29, 0.717) is 4.90 Å². The number of rotatable bonds is 4. The molecule has 0 aliphatic carbocycles. The molecule has 0 heterocycles. The molecule has 0 radical (unpaired) electrons. The molecule has 0 saturated carbocycles. The van der Waals surface area contributed by atoms with Crippen molar-refractivity contribution in [3.05, 3.63) is 28.8 Å². The third-order valence-electron chi connectivity index (χ3n) is 2.64. The minimum atomic E-state index is -2.11. The van der Waals surface area contributed by atoms with Gasteiger partial charge in [0.25, 0.3) is 0 Å². The molecule has 4 heteroatoms. The zero-order chi connectivity index (χ0) is 11.4. The molecule has 0 saturated heterocycles. The van der Waals surface area contributed by atoms with Crippen LogP contribution in [0.4, 0.5) is 0 Å². The van der Waals surface area contributed by atoms with Gasteiger partial charge in [0.05, 0.1) is 0 Å². The molecule has 0 amide bonds. The predicted octanol–water partition coefficient (Wildman–Crippen LogP) is -0.384. The smallest absolute Gasteiger partial charge is 0.768 e. The third-order valence-corrected chi connectivity index (χ3v) is 3.50. The van der Waals surface area contributed by atoms with Gasteiger partial charge in [0.1, 0.15) is 0 Å². The minimum Gasteiger partial charge on any atom is -0.768 e. The molecule has 84 valence electrons. The number of hydrogen-bond acceptors (Lipinski definition) is 2. The van der Waals surface area contributed by atoms with Gasteiger partial charge in [-0.2, -0.15) is 0 Å². The maximum atomic E-state index is 11.2. The van der Waals surface area contributed by atoms with Crippen LogP contribution in [0.15, 0.2) is 17.0 Å². The van der Waals surface area contributed by atoms with Crippen LogP contribution in [0.3, 0.4) is 0 Å². The van der Waals surface area contributed by atoms with Crippen molar-refractivity contribution >= 4 is 11.1 Å². The summed E-state index contributed by atoms with van der Waals surface area (Å²) in [7, 11) is 0. The molecule has 0 spiro atoms.